The molecule has 1 aliphatic heterocycles. The number of hydrogen-bond acceptors (Lipinski definition) is 3. The molecule has 0 amide bonds. The molecule has 1 heterocycles. The minimum atomic E-state index is 0.298. The Kier molecular flexibility index (Phi) is 5.83. The molecule has 0 aromatic carbocycles. The van der Waals surface area contributed by atoms with E-state index in [4.69, 9.17) is 12.2 Å². The third kappa shape index (κ3) is 4.52. The maximum absolute atomic E-state index is 6.14. The molecule has 0 saturated carbocycles. The van der Waals surface area contributed by atoms with Crippen LogP contribution in [0.25, 0.3) is 0 Å². The van der Waals surface area contributed by atoms with Gasteiger partial charge in [0, 0.05) is 38.1 Å². The summed E-state index contributed by atoms with van der Waals surface area (Å²) in [6, 6.07) is 0.909. The summed E-state index contributed by atoms with van der Waals surface area (Å²) in [5, 5.41) is 0. The molecule has 1 fully saturated rings. The van der Waals surface area contributed by atoms with Crippen LogP contribution in [0.1, 0.15) is 25.7 Å². The number of piperazine rings is 1. The summed E-state index contributed by atoms with van der Waals surface area (Å²) in [7, 11) is 4.38. The SMILES string of the molecule is C#CCCCC(N)CC1CN(C)CCN1C. The number of terminal acetylenes is 1. The summed E-state index contributed by atoms with van der Waals surface area (Å²) in [5.74, 6) is 2.67. The molecule has 0 aromatic heterocycles. The van der Waals surface area contributed by atoms with Gasteiger partial charge in [-0.15, -0.1) is 12.3 Å². The van der Waals surface area contributed by atoms with E-state index in [-0.39, 0.29) is 0 Å². The average Bonchev–Trinajstić information content (AvgIpc) is 2.24. The molecule has 2 atom stereocenters. The first kappa shape index (κ1) is 13.5. The van der Waals surface area contributed by atoms with Gasteiger partial charge in [0.2, 0.25) is 0 Å². The lowest BCUT2D eigenvalue weighted by molar-refractivity contribution is 0.103. The van der Waals surface area contributed by atoms with Gasteiger partial charge in [0.1, 0.15) is 0 Å². The van der Waals surface area contributed by atoms with Crippen molar-refractivity contribution in [1.29, 1.82) is 0 Å². The van der Waals surface area contributed by atoms with Gasteiger partial charge < -0.3 is 15.5 Å². The Hall–Kier alpha value is -0.560. The van der Waals surface area contributed by atoms with Crippen molar-refractivity contribution in [3.8, 4) is 12.3 Å². The first-order valence-electron chi connectivity index (χ1n) is 6.21. The van der Waals surface area contributed by atoms with Gasteiger partial charge in [-0.05, 0) is 33.4 Å². The third-order valence-electron chi connectivity index (χ3n) is 3.45. The second-order valence-electron chi connectivity index (χ2n) is 4.99. The van der Waals surface area contributed by atoms with Crippen molar-refractivity contribution in [1.82, 2.24) is 9.80 Å². The maximum Gasteiger partial charge on any atom is 0.0235 e. The molecular weight excluding hydrogens is 198 g/mol. The molecule has 3 nitrogen and oxygen atoms in total. The quantitative estimate of drug-likeness (QED) is 0.551. The molecule has 92 valence electrons. The molecule has 1 rings (SSSR count). The van der Waals surface area contributed by atoms with Crippen LogP contribution in [0.4, 0.5) is 0 Å². The van der Waals surface area contributed by atoms with Gasteiger partial charge >= 0.3 is 0 Å². The monoisotopic (exact) mass is 223 g/mol. The first-order valence-corrected chi connectivity index (χ1v) is 6.21. The van der Waals surface area contributed by atoms with Gasteiger partial charge in [-0.1, -0.05) is 0 Å². The number of unbranched alkanes of at least 4 members (excludes halogenated alkanes) is 1. The first-order chi connectivity index (χ1) is 7.63. The summed E-state index contributed by atoms with van der Waals surface area (Å²) in [6.45, 7) is 3.46. The molecule has 0 aliphatic carbocycles. The van der Waals surface area contributed by atoms with Crippen LogP contribution < -0.4 is 5.73 Å². The highest BCUT2D eigenvalue weighted by molar-refractivity contribution is 4.85. The van der Waals surface area contributed by atoms with Gasteiger partial charge in [0.05, 0.1) is 0 Å². The smallest absolute Gasteiger partial charge is 0.0235 e. The molecule has 0 bridgehead atoms. The Morgan fingerprint density at radius 1 is 1.44 bits per heavy atom. The number of nitrogens with two attached hydrogens (primary N) is 1. The van der Waals surface area contributed by atoms with E-state index in [1.54, 1.807) is 0 Å². The van der Waals surface area contributed by atoms with E-state index in [0.29, 0.717) is 12.1 Å². The molecule has 1 aliphatic rings. The molecule has 0 radical (unpaired) electrons. The summed E-state index contributed by atoms with van der Waals surface area (Å²) in [5.41, 5.74) is 6.14. The lowest BCUT2D eigenvalue weighted by Crippen LogP contribution is -2.51. The van der Waals surface area contributed by atoms with E-state index >= 15 is 0 Å². The zero-order chi connectivity index (χ0) is 12.0. The normalized spacial score (nSPS) is 25.2. The van der Waals surface area contributed by atoms with E-state index in [9.17, 15) is 0 Å². The van der Waals surface area contributed by atoms with Crippen molar-refractivity contribution in [2.75, 3.05) is 33.7 Å². The fourth-order valence-electron chi connectivity index (χ4n) is 2.29. The minimum absolute atomic E-state index is 0.298. The van der Waals surface area contributed by atoms with E-state index in [2.05, 4.69) is 29.8 Å². The molecule has 16 heavy (non-hydrogen) atoms. The molecule has 2 unspecified atom stereocenters. The van der Waals surface area contributed by atoms with Crippen molar-refractivity contribution < 1.29 is 0 Å². The summed E-state index contributed by atoms with van der Waals surface area (Å²) < 4.78 is 0. The maximum atomic E-state index is 6.14. The topological polar surface area (TPSA) is 32.5 Å². The van der Waals surface area contributed by atoms with Gasteiger partial charge in [-0.2, -0.15) is 0 Å². The number of likely N-dealkylation sites (N-methyl/N-ethyl adjacent to an activating group) is 2. The Morgan fingerprint density at radius 2 is 2.19 bits per heavy atom. The minimum Gasteiger partial charge on any atom is -0.328 e. The standard InChI is InChI=1S/C13H25N3/c1-4-5-6-7-12(14)10-13-11-15(2)8-9-16(13)3/h1,12-13H,5-11,14H2,2-3H3. The third-order valence-corrected chi connectivity index (χ3v) is 3.45. The highest BCUT2D eigenvalue weighted by Gasteiger charge is 2.23. The summed E-state index contributed by atoms with van der Waals surface area (Å²) >= 11 is 0. The Labute approximate surface area is 100.0 Å². The predicted octanol–water partition coefficient (Wildman–Crippen LogP) is 0.753. The Morgan fingerprint density at radius 3 is 2.88 bits per heavy atom. The number of rotatable bonds is 5. The fraction of sp³-hybridized carbons (Fsp3) is 0.846. The fourth-order valence-corrected chi connectivity index (χ4v) is 2.29. The number of hydrogen-bond donors (Lipinski definition) is 1. The Bertz CT molecular complexity index is 234. The van der Waals surface area contributed by atoms with E-state index in [1.165, 1.54) is 6.54 Å². The van der Waals surface area contributed by atoms with Crippen LogP contribution in [0.15, 0.2) is 0 Å². The highest BCUT2D eigenvalue weighted by atomic mass is 15.3. The van der Waals surface area contributed by atoms with Crippen LogP contribution in [0.2, 0.25) is 0 Å². The van der Waals surface area contributed by atoms with E-state index < -0.39 is 0 Å². The molecular formula is C13H25N3. The second kappa shape index (κ2) is 6.90. The molecule has 0 spiro atoms. The predicted molar refractivity (Wildman–Crippen MR) is 69.2 cm³/mol. The van der Waals surface area contributed by atoms with Gasteiger partial charge in [-0.3, -0.25) is 0 Å². The average molecular weight is 223 g/mol. The van der Waals surface area contributed by atoms with Crippen molar-refractivity contribution in [2.45, 2.75) is 37.8 Å². The van der Waals surface area contributed by atoms with Crippen molar-refractivity contribution in [3.63, 3.8) is 0 Å². The van der Waals surface area contributed by atoms with Gasteiger partial charge in [-0.25, -0.2) is 0 Å². The van der Waals surface area contributed by atoms with Gasteiger partial charge in [0.15, 0.2) is 0 Å². The molecule has 1 saturated heterocycles. The lowest BCUT2D eigenvalue weighted by atomic mass is 10.00. The Balaban J connectivity index is 2.26. The van der Waals surface area contributed by atoms with Crippen molar-refractivity contribution in [2.24, 2.45) is 5.73 Å². The summed E-state index contributed by atoms with van der Waals surface area (Å²) in [4.78, 5) is 4.82. The highest BCUT2D eigenvalue weighted by Crippen LogP contribution is 2.13. The van der Waals surface area contributed by atoms with Crippen LogP contribution in [0.3, 0.4) is 0 Å². The largest absolute Gasteiger partial charge is 0.328 e. The van der Waals surface area contributed by atoms with Crippen LogP contribution >= 0.6 is 0 Å². The number of nitrogens with zero attached hydrogens (tertiary/aromatic N) is 2. The van der Waals surface area contributed by atoms with Crippen LogP contribution in [0.5, 0.6) is 0 Å². The van der Waals surface area contributed by atoms with Crippen LogP contribution in [-0.2, 0) is 0 Å². The van der Waals surface area contributed by atoms with Crippen LogP contribution in [0, 0.1) is 12.3 Å². The zero-order valence-corrected chi connectivity index (χ0v) is 10.7. The molecule has 2 N–H and O–H groups in total. The molecule has 3 heteroatoms. The summed E-state index contributed by atoms with van der Waals surface area (Å²) in [6.07, 6.45) is 9.29. The zero-order valence-electron chi connectivity index (χ0n) is 10.7. The van der Waals surface area contributed by atoms with Gasteiger partial charge in [0.25, 0.3) is 0 Å². The van der Waals surface area contributed by atoms with Crippen molar-refractivity contribution in [3.05, 3.63) is 0 Å². The second-order valence-corrected chi connectivity index (χ2v) is 4.99. The van der Waals surface area contributed by atoms with Crippen LogP contribution in [-0.4, -0.2) is 55.6 Å². The molecule has 0 aromatic rings. The van der Waals surface area contributed by atoms with E-state index in [0.717, 1.165) is 38.8 Å². The van der Waals surface area contributed by atoms with Crippen molar-refractivity contribution >= 4 is 0 Å². The lowest BCUT2D eigenvalue weighted by Gasteiger charge is -2.38. The van der Waals surface area contributed by atoms with E-state index in [1.807, 2.05) is 0 Å².